The molecular weight excluding hydrogens is 282 g/mol. The van der Waals surface area contributed by atoms with Crippen molar-refractivity contribution < 1.29 is 9.53 Å². The minimum atomic E-state index is 0.0398. The molecule has 2 aromatic rings. The van der Waals surface area contributed by atoms with Crippen LogP contribution in [0.25, 0.3) is 0 Å². The smallest absolute Gasteiger partial charge is 0.254 e. The van der Waals surface area contributed by atoms with Gasteiger partial charge in [0.1, 0.15) is 5.75 Å². The van der Waals surface area contributed by atoms with Crippen molar-refractivity contribution in [1.82, 2.24) is 4.90 Å². The predicted octanol–water partition coefficient (Wildman–Crippen LogP) is 3.51. The SMILES string of the molecule is C=CCN(Cc1cccs1)C(=O)c1ccc2c(c1)CCO2. The van der Waals surface area contributed by atoms with Gasteiger partial charge in [0.2, 0.25) is 0 Å². The maximum Gasteiger partial charge on any atom is 0.254 e. The third kappa shape index (κ3) is 3.00. The minimum Gasteiger partial charge on any atom is -0.493 e. The summed E-state index contributed by atoms with van der Waals surface area (Å²) in [5.41, 5.74) is 1.84. The second-order valence-corrected chi connectivity index (χ2v) is 6.01. The molecule has 0 atom stereocenters. The van der Waals surface area contributed by atoms with Gasteiger partial charge >= 0.3 is 0 Å². The Morgan fingerprint density at radius 3 is 3.10 bits per heavy atom. The quantitative estimate of drug-likeness (QED) is 0.791. The molecule has 1 aliphatic heterocycles. The normalized spacial score (nSPS) is 12.6. The van der Waals surface area contributed by atoms with E-state index >= 15 is 0 Å². The highest BCUT2D eigenvalue weighted by atomic mass is 32.1. The molecule has 1 aromatic heterocycles. The summed E-state index contributed by atoms with van der Waals surface area (Å²) in [6.45, 7) is 5.63. The van der Waals surface area contributed by atoms with Crippen molar-refractivity contribution in [2.24, 2.45) is 0 Å². The highest BCUT2D eigenvalue weighted by Gasteiger charge is 2.19. The lowest BCUT2D eigenvalue weighted by Crippen LogP contribution is -2.30. The van der Waals surface area contributed by atoms with Crippen molar-refractivity contribution in [3.63, 3.8) is 0 Å². The predicted molar refractivity (Wildman–Crippen MR) is 84.9 cm³/mol. The van der Waals surface area contributed by atoms with Gasteiger partial charge in [-0.15, -0.1) is 17.9 Å². The van der Waals surface area contributed by atoms with Crippen LogP contribution in [0.1, 0.15) is 20.8 Å². The van der Waals surface area contributed by atoms with Crippen molar-refractivity contribution in [1.29, 1.82) is 0 Å². The van der Waals surface area contributed by atoms with Crippen LogP contribution in [0.2, 0.25) is 0 Å². The Labute approximate surface area is 128 Å². The van der Waals surface area contributed by atoms with E-state index in [2.05, 4.69) is 6.58 Å². The summed E-state index contributed by atoms with van der Waals surface area (Å²) in [5.74, 6) is 0.943. The van der Waals surface area contributed by atoms with Crippen molar-refractivity contribution in [2.45, 2.75) is 13.0 Å². The summed E-state index contributed by atoms with van der Waals surface area (Å²) in [6, 6.07) is 9.74. The highest BCUT2D eigenvalue weighted by Crippen LogP contribution is 2.26. The van der Waals surface area contributed by atoms with Crippen LogP contribution in [0.3, 0.4) is 0 Å². The van der Waals surface area contributed by atoms with Crippen LogP contribution in [-0.4, -0.2) is 24.0 Å². The fourth-order valence-electron chi connectivity index (χ4n) is 2.47. The maximum absolute atomic E-state index is 12.7. The topological polar surface area (TPSA) is 29.5 Å². The average Bonchev–Trinajstić information content (AvgIpc) is 3.16. The number of hydrogen-bond acceptors (Lipinski definition) is 3. The number of benzene rings is 1. The molecule has 0 saturated carbocycles. The van der Waals surface area contributed by atoms with Crippen LogP contribution in [0.5, 0.6) is 5.75 Å². The molecule has 4 heteroatoms. The number of nitrogens with zero attached hydrogens (tertiary/aromatic N) is 1. The lowest BCUT2D eigenvalue weighted by molar-refractivity contribution is 0.0764. The van der Waals surface area contributed by atoms with Gasteiger partial charge in [-0.05, 0) is 35.2 Å². The number of carbonyl (C=O) groups is 1. The van der Waals surface area contributed by atoms with Crippen molar-refractivity contribution in [3.05, 3.63) is 64.4 Å². The Bertz CT molecular complexity index is 649. The van der Waals surface area contributed by atoms with Gasteiger partial charge in [0, 0.05) is 23.4 Å². The summed E-state index contributed by atoms with van der Waals surface area (Å²) < 4.78 is 5.49. The van der Waals surface area contributed by atoms with Crippen molar-refractivity contribution in [2.75, 3.05) is 13.2 Å². The lowest BCUT2D eigenvalue weighted by atomic mass is 10.1. The van der Waals surface area contributed by atoms with Gasteiger partial charge < -0.3 is 9.64 Å². The molecule has 3 rings (SSSR count). The van der Waals surface area contributed by atoms with Gasteiger partial charge in [-0.25, -0.2) is 0 Å². The Kier molecular flexibility index (Phi) is 4.06. The summed E-state index contributed by atoms with van der Waals surface area (Å²) in [6.07, 6.45) is 2.64. The number of carbonyl (C=O) groups excluding carboxylic acids is 1. The van der Waals surface area contributed by atoms with E-state index in [-0.39, 0.29) is 5.91 Å². The first-order valence-corrected chi connectivity index (χ1v) is 7.84. The third-order valence-electron chi connectivity index (χ3n) is 3.50. The average molecular weight is 299 g/mol. The van der Waals surface area contributed by atoms with Crippen LogP contribution in [0.4, 0.5) is 0 Å². The second kappa shape index (κ2) is 6.14. The third-order valence-corrected chi connectivity index (χ3v) is 4.36. The largest absolute Gasteiger partial charge is 0.493 e. The van der Waals surface area contributed by atoms with Gasteiger partial charge in [0.05, 0.1) is 13.2 Å². The van der Waals surface area contributed by atoms with Gasteiger partial charge in [0.15, 0.2) is 0 Å². The van der Waals surface area contributed by atoms with Gasteiger partial charge in [-0.1, -0.05) is 12.1 Å². The zero-order valence-corrected chi connectivity index (χ0v) is 12.6. The summed E-state index contributed by atoms with van der Waals surface area (Å²) in [5, 5.41) is 2.03. The second-order valence-electron chi connectivity index (χ2n) is 4.97. The first-order chi connectivity index (χ1) is 10.3. The Hall–Kier alpha value is -2.07. The summed E-state index contributed by atoms with van der Waals surface area (Å²) >= 11 is 1.66. The van der Waals surface area contributed by atoms with Crippen LogP contribution in [0, 0.1) is 0 Å². The number of amides is 1. The molecule has 0 N–H and O–H groups in total. The maximum atomic E-state index is 12.7. The molecule has 1 aromatic carbocycles. The first kappa shape index (κ1) is 13.9. The molecule has 21 heavy (non-hydrogen) atoms. The minimum absolute atomic E-state index is 0.0398. The molecule has 108 valence electrons. The number of rotatable bonds is 5. The van der Waals surface area contributed by atoms with E-state index in [1.807, 2.05) is 40.6 Å². The molecule has 2 heterocycles. The Morgan fingerprint density at radius 1 is 1.43 bits per heavy atom. The van der Waals surface area contributed by atoms with Crippen LogP contribution in [0.15, 0.2) is 48.4 Å². The zero-order chi connectivity index (χ0) is 14.7. The van der Waals surface area contributed by atoms with E-state index in [0.717, 1.165) is 23.3 Å². The highest BCUT2D eigenvalue weighted by molar-refractivity contribution is 7.09. The zero-order valence-electron chi connectivity index (χ0n) is 11.7. The first-order valence-electron chi connectivity index (χ1n) is 6.96. The van der Waals surface area contributed by atoms with Crippen LogP contribution < -0.4 is 4.74 Å². The fourth-order valence-corrected chi connectivity index (χ4v) is 3.19. The van der Waals surface area contributed by atoms with E-state index in [1.165, 1.54) is 4.88 Å². The molecule has 0 radical (unpaired) electrons. The Morgan fingerprint density at radius 2 is 2.33 bits per heavy atom. The molecule has 0 fully saturated rings. The van der Waals surface area contributed by atoms with E-state index < -0.39 is 0 Å². The monoisotopic (exact) mass is 299 g/mol. The number of ether oxygens (including phenoxy) is 1. The number of hydrogen-bond donors (Lipinski definition) is 0. The molecule has 1 amide bonds. The Balaban J connectivity index is 1.81. The standard InChI is InChI=1S/C17H17NO2S/c1-2-8-18(12-15-4-3-10-21-15)17(19)14-5-6-16-13(11-14)7-9-20-16/h2-6,10-11H,1,7-9,12H2. The lowest BCUT2D eigenvalue weighted by Gasteiger charge is -2.20. The molecule has 3 nitrogen and oxygen atoms in total. The van der Waals surface area contributed by atoms with E-state index in [4.69, 9.17) is 4.74 Å². The van der Waals surface area contributed by atoms with Gasteiger partial charge in [0.25, 0.3) is 5.91 Å². The molecule has 0 bridgehead atoms. The molecule has 0 unspecified atom stereocenters. The fraction of sp³-hybridized carbons (Fsp3) is 0.235. The molecule has 0 aliphatic carbocycles. The van der Waals surface area contributed by atoms with Gasteiger partial charge in [-0.2, -0.15) is 0 Å². The van der Waals surface area contributed by atoms with E-state index in [1.54, 1.807) is 17.4 Å². The number of fused-ring (bicyclic) bond motifs is 1. The molecule has 1 aliphatic rings. The summed E-state index contributed by atoms with van der Waals surface area (Å²) in [7, 11) is 0. The van der Waals surface area contributed by atoms with E-state index in [9.17, 15) is 4.79 Å². The number of thiophene rings is 1. The molecule has 0 spiro atoms. The summed E-state index contributed by atoms with van der Waals surface area (Å²) in [4.78, 5) is 15.7. The van der Waals surface area contributed by atoms with Crippen molar-refractivity contribution >= 4 is 17.2 Å². The van der Waals surface area contributed by atoms with Crippen molar-refractivity contribution in [3.8, 4) is 5.75 Å². The molecule has 0 saturated heterocycles. The van der Waals surface area contributed by atoms with Crippen LogP contribution in [-0.2, 0) is 13.0 Å². The van der Waals surface area contributed by atoms with E-state index in [0.29, 0.717) is 19.7 Å². The molecular formula is C17H17NO2S. The van der Waals surface area contributed by atoms with Crippen LogP contribution >= 0.6 is 11.3 Å². The van der Waals surface area contributed by atoms with Gasteiger partial charge in [-0.3, -0.25) is 4.79 Å².